The molecule has 2 atom stereocenters. The molecule has 126 valence electrons. The Bertz CT molecular complexity index is 917. The molecule has 2 aromatic carbocycles. The third-order valence-corrected chi connectivity index (χ3v) is 4.81. The Morgan fingerprint density at radius 3 is 2.76 bits per heavy atom. The maximum atomic E-state index is 13.5. The molecule has 2 unspecified atom stereocenters. The fourth-order valence-electron chi connectivity index (χ4n) is 3.23. The lowest BCUT2D eigenvalue weighted by Crippen LogP contribution is -2.27. The molecule has 0 radical (unpaired) electrons. The van der Waals surface area contributed by atoms with Crippen LogP contribution in [0, 0.1) is 5.82 Å². The minimum atomic E-state index is -0.417. The quantitative estimate of drug-likeness (QED) is 0.756. The van der Waals surface area contributed by atoms with Crippen molar-refractivity contribution in [2.45, 2.75) is 12.2 Å². The highest BCUT2D eigenvalue weighted by molar-refractivity contribution is 6.30. The first-order valence-corrected chi connectivity index (χ1v) is 8.41. The van der Waals surface area contributed by atoms with Gasteiger partial charge < -0.3 is 16.4 Å². The lowest BCUT2D eigenvalue weighted by atomic mass is 9.88. The van der Waals surface area contributed by atoms with Gasteiger partial charge in [0.25, 0.3) is 0 Å². The van der Waals surface area contributed by atoms with Gasteiger partial charge in [0.05, 0.1) is 11.1 Å². The average molecular weight is 354 g/mol. The molecule has 0 fully saturated rings. The van der Waals surface area contributed by atoms with Gasteiger partial charge in [0, 0.05) is 0 Å². The first-order chi connectivity index (χ1) is 12.1. The van der Waals surface area contributed by atoms with Crippen molar-refractivity contribution >= 4 is 23.3 Å². The zero-order valence-electron chi connectivity index (χ0n) is 13.3. The summed E-state index contributed by atoms with van der Waals surface area (Å²) in [6, 6.07) is 10.9. The second-order valence-electron chi connectivity index (χ2n) is 6.08. The van der Waals surface area contributed by atoms with Gasteiger partial charge in [0.1, 0.15) is 12.0 Å². The van der Waals surface area contributed by atoms with E-state index in [9.17, 15) is 4.39 Å². The maximum Gasteiger partial charge on any atom is 0.141 e. The minimum Gasteiger partial charge on any atom is -0.380 e. The van der Waals surface area contributed by atoms with Crippen molar-refractivity contribution in [2.24, 2.45) is 5.73 Å². The van der Waals surface area contributed by atoms with Gasteiger partial charge in [0.15, 0.2) is 0 Å². The number of benzene rings is 2. The molecule has 25 heavy (non-hydrogen) atoms. The van der Waals surface area contributed by atoms with Crippen molar-refractivity contribution < 1.29 is 4.39 Å². The van der Waals surface area contributed by atoms with E-state index in [-0.39, 0.29) is 17.2 Å². The largest absolute Gasteiger partial charge is 0.380 e. The van der Waals surface area contributed by atoms with Gasteiger partial charge in [-0.15, -0.1) is 0 Å². The van der Waals surface area contributed by atoms with E-state index in [1.54, 1.807) is 12.1 Å². The van der Waals surface area contributed by atoms with Gasteiger partial charge >= 0.3 is 0 Å². The standard InChI is InChI=1S/C20H17ClFN3/c21-17-11-14(5-6-18(17)22)19-15(2-1-8-24-19)13-4-3-12-7-9-25-20(23)16(12)10-13/h1-11,19-20,24-25H,23H2. The van der Waals surface area contributed by atoms with Crippen LogP contribution in [0.2, 0.25) is 5.02 Å². The van der Waals surface area contributed by atoms with E-state index in [1.165, 1.54) is 6.07 Å². The SMILES string of the molecule is NC1NC=Cc2ccc(C3=CC=CNC3c3ccc(F)c(Cl)c3)cc21. The molecule has 0 saturated heterocycles. The summed E-state index contributed by atoms with van der Waals surface area (Å²) in [5, 5.41) is 6.57. The second kappa shape index (κ2) is 6.39. The van der Waals surface area contributed by atoms with Crippen LogP contribution in [0.1, 0.15) is 34.5 Å². The summed E-state index contributed by atoms with van der Waals surface area (Å²) in [7, 11) is 0. The van der Waals surface area contributed by atoms with Crippen LogP contribution in [0.25, 0.3) is 11.6 Å². The summed E-state index contributed by atoms with van der Waals surface area (Å²) >= 11 is 5.97. The van der Waals surface area contributed by atoms with E-state index in [2.05, 4.69) is 34.9 Å². The minimum absolute atomic E-state index is 0.107. The van der Waals surface area contributed by atoms with E-state index < -0.39 is 5.82 Å². The Morgan fingerprint density at radius 2 is 1.92 bits per heavy atom. The summed E-state index contributed by atoms with van der Waals surface area (Å²) in [6.07, 6.45) is 9.52. The lowest BCUT2D eigenvalue weighted by molar-refractivity contribution is 0.626. The van der Waals surface area contributed by atoms with Gasteiger partial charge in [-0.3, -0.25) is 0 Å². The molecule has 2 heterocycles. The fraction of sp³-hybridized carbons (Fsp3) is 0.100. The molecule has 0 saturated carbocycles. The Labute approximate surface area is 150 Å². The molecule has 3 nitrogen and oxygen atoms in total. The lowest BCUT2D eigenvalue weighted by Gasteiger charge is -2.26. The van der Waals surface area contributed by atoms with Gasteiger partial charge in [-0.1, -0.05) is 35.9 Å². The van der Waals surface area contributed by atoms with Crippen LogP contribution in [0.15, 0.2) is 61.0 Å². The highest BCUT2D eigenvalue weighted by Gasteiger charge is 2.21. The van der Waals surface area contributed by atoms with Crippen molar-refractivity contribution in [3.63, 3.8) is 0 Å². The number of rotatable bonds is 2. The van der Waals surface area contributed by atoms with Gasteiger partial charge in [0.2, 0.25) is 0 Å². The topological polar surface area (TPSA) is 50.1 Å². The summed E-state index contributed by atoms with van der Waals surface area (Å²) in [6.45, 7) is 0. The summed E-state index contributed by atoms with van der Waals surface area (Å²) < 4.78 is 13.5. The highest BCUT2D eigenvalue weighted by Crippen LogP contribution is 2.35. The molecule has 4 rings (SSSR count). The second-order valence-corrected chi connectivity index (χ2v) is 6.48. The van der Waals surface area contributed by atoms with Crippen LogP contribution in [0.5, 0.6) is 0 Å². The third-order valence-electron chi connectivity index (χ3n) is 4.52. The molecule has 4 N–H and O–H groups in total. The fourth-order valence-corrected chi connectivity index (χ4v) is 3.42. The zero-order valence-corrected chi connectivity index (χ0v) is 14.1. The molecule has 2 aliphatic rings. The Kier molecular flexibility index (Phi) is 4.07. The van der Waals surface area contributed by atoms with Crippen LogP contribution < -0.4 is 16.4 Å². The summed E-state index contributed by atoms with van der Waals surface area (Å²) in [5.41, 5.74) is 11.4. The number of halogens is 2. The van der Waals surface area contributed by atoms with Crippen molar-refractivity contribution in [2.75, 3.05) is 0 Å². The van der Waals surface area contributed by atoms with Crippen molar-refractivity contribution in [3.8, 4) is 0 Å². The molecule has 0 aliphatic carbocycles. The number of fused-ring (bicyclic) bond motifs is 1. The van der Waals surface area contributed by atoms with Crippen LogP contribution in [-0.4, -0.2) is 0 Å². The van der Waals surface area contributed by atoms with E-state index in [4.69, 9.17) is 17.3 Å². The van der Waals surface area contributed by atoms with Gasteiger partial charge in [-0.05, 0) is 70.6 Å². The van der Waals surface area contributed by atoms with Crippen molar-refractivity contribution in [1.82, 2.24) is 10.6 Å². The van der Waals surface area contributed by atoms with Crippen LogP contribution >= 0.6 is 11.6 Å². The smallest absolute Gasteiger partial charge is 0.141 e. The van der Waals surface area contributed by atoms with Gasteiger partial charge in [-0.2, -0.15) is 0 Å². The van der Waals surface area contributed by atoms with Crippen LogP contribution in [-0.2, 0) is 0 Å². The highest BCUT2D eigenvalue weighted by atomic mass is 35.5. The number of dihydropyridines is 1. The Balaban J connectivity index is 1.76. The monoisotopic (exact) mass is 353 g/mol. The summed E-state index contributed by atoms with van der Waals surface area (Å²) in [4.78, 5) is 0. The molecule has 0 spiro atoms. The van der Waals surface area contributed by atoms with E-state index >= 15 is 0 Å². The maximum absolute atomic E-state index is 13.5. The van der Waals surface area contributed by atoms with E-state index in [0.29, 0.717) is 0 Å². The molecule has 2 aliphatic heterocycles. The van der Waals surface area contributed by atoms with Crippen molar-refractivity contribution in [1.29, 1.82) is 0 Å². The van der Waals surface area contributed by atoms with Crippen LogP contribution in [0.4, 0.5) is 4.39 Å². The first-order valence-electron chi connectivity index (χ1n) is 8.04. The van der Waals surface area contributed by atoms with E-state index in [0.717, 1.165) is 27.8 Å². The predicted octanol–water partition coefficient (Wildman–Crippen LogP) is 4.25. The first kappa shape index (κ1) is 15.9. The number of hydrogen-bond acceptors (Lipinski definition) is 3. The number of nitrogens with two attached hydrogens (primary N) is 1. The molecule has 0 bridgehead atoms. The molecule has 0 amide bonds. The molecule has 0 aromatic heterocycles. The normalized spacial score (nSPS) is 21.2. The van der Waals surface area contributed by atoms with Crippen molar-refractivity contribution in [3.05, 3.63) is 94.0 Å². The molecular weight excluding hydrogens is 337 g/mol. The Hall–Kier alpha value is -2.56. The van der Waals surface area contributed by atoms with E-state index in [1.807, 2.05) is 24.6 Å². The molecular formula is C20H17ClFN3. The van der Waals surface area contributed by atoms with Gasteiger partial charge in [-0.25, -0.2) is 4.39 Å². The number of allylic oxidation sites excluding steroid dienone is 2. The third kappa shape index (κ3) is 2.95. The predicted molar refractivity (Wildman–Crippen MR) is 99.9 cm³/mol. The summed E-state index contributed by atoms with van der Waals surface area (Å²) in [5.74, 6) is -0.417. The van der Waals surface area contributed by atoms with Crippen LogP contribution in [0.3, 0.4) is 0 Å². The number of hydrogen-bond donors (Lipinski definition) is 3. The molecule has 2 aromatic rings. The zero-order chi connectivity index (χ0) is 17.4. The Morgan fingerprint density at radius 1 is 1.04 bits per heavy atom. The average Bonchev–Trinajstić information content (AvgIpc) is 2.64. The molecule has 5 heteroatoms. The number of nitrogens with one attached hydrogen (secondary N) is 2.